The summed E-state index contributed by atoms with van der Waals surface area (Å²) >= 11 is 2.06. The van der Waals surface area contributed by atoms with Gasteiger partial charge in [0.2, 0.25) is 0 Å². The monoisotopic (exact) mass is 222 g/mol. The molecule has 3 heteroatoms. The maximum atomic E-state index is 4.35. The van der Waals surface area contributed by atoms with Crippen molar-refractivity contribution in [3.8, 4) is 0 Å². The van der Waals surface area contributed by atoms with Crippen molar-refractivity contribution in [1.82, 2.24) is 9.88 Å². The Kier molecular flexibility index (Phi) is 4.03. The van der Waals surface area contributed by atoms with E-state index < -0.39 is 0 Å². The molecule has 0 aromatic carbocycles. The molecule has 1 saturated heterocycles. The van der Waals surface area contributed by atoms with E-state index in [-0.39, 0.29) is 0 Å². The topological polar surface area (TPSA) is 16.1 Å². The Balaban J connectivity index is 1.74. The van der Waals surface area contributed by atoms with Crippen LogP contribution in [-0.4, -0.2) is 35.3 Å². The van der Waals surface area contributed by atoms with Crippen LogP contribution in [0.3, 0.4) is 0 Å². The van der Waals surface area contributed by atoms with Gasteiger partial charge < -0.3 is 4.90 Å². The molecule has 1 aromatic heterocycles. The number of hydrogen-bond donors (Lipinski definition) is 0. The van der Waals surface area contributed by atoms with Gasteiger partial charge in [0.15, 0.2) is 0 Å². The summed E-state index contributed by atoms with van der Waals surface area (Å²) in [6, 6.07) is 6.16. The molecule has 0 amide bonds. The fourth-order valence-electron chi connectivity index (χ4n) is 1.84. The Hall–Kier alpha value is -0.540. The third-order valence-corrected chi connectivity index (χ3v) is 4.26. The summed E-state index contributed by atoms with van der Waals surface area (Å²) in [4.78, 5) is 6.76. The summed E-state index contributed by atoms with van der Waals surface area (Å²) in [5.74, 6) is 1.06. The number of aromatic nitrogens is 1. The molecule has 0 aliphatic carbocycles. The van der Waals surface area contributed by atoms with Gasteiger partial charge in [0.1, 0.15) is 0 Å². The molecular weight excluding hydrogens is 204 g/mol. The Labute approximate surface area is 96.1 Å². The first kappa shape index (κ1) is 11.0. The molecule has 1 fully saturated rings. The zero-order valence-electron chi connectivity index (χ0n) is 9.22. The van der Waals surface area contributed by atoms with Crippen LogP contribution in [0.4, 0.5) is 0 Å². The molecule has 2 heterocycles. The lowest BCUT2D eigenvalue weighted by Crippen LogP contribution is -2.31. The fraction of sp³-hybridized carbons (Fsp3) is 0.583. The van der Waals surface area contributed by atoms with E-state index in [9.17, 15) is 0 Å². The predicted molar refractivity (Wildman–Crippen MR) is 66.1 cm³/mol. The maximum absolute atomic E-state index is 4.35. The number of piperidine rings is 1. The molecule has 0 saturated carbocycles. The van der Waals surface area contributed by atoms with Crippen molar-refractivity contribution in [2.75, 3.05) is 20.1 Å². The molecule has 0 unspecified atom stereocenters. The molecular formula is C12H18N2S. The highest BCUT2D eigenvalue weighted by Gasteiger charge is 2.16. The van der Waals surface area contributed by atoms with Crippen LogP contribution in [0.25, 0.3) is 0 Å². The first-order chi connectivity index (χ1) is 7.34. The second-order valence-electron chi connectivity index (χ2n) is 4.13. The summed E-state index contributed by atoms with van der Waals surface area (Å²) in [5, 5.41) is 0.836. The van der Waals surface area contributed by atoms with Crippen LogP contribution in [0.2, 0.25) is 0 Å². The lowest BCUT2D eigenvalue weighted by molar-refractivity contribution is 0.282. The van der Waals surface area contributed by atoms with Crippen molar-refractivity contribution < 1.29 is 0 Å². The quantitative estimate of drug-likeness (QED) is 0.781. The minimum Gasteiger partial charge on any atom is -0.306 e. The van der Waals surface area contributed by atoms with Gasteiger partial charge in [-0.25, -0.2) is 0 Å². The summed E-state index contributed by atoms with van der Waals surface area (Å²) < 4.78 is 0. The SMILES string of the molecule is CN1CCC(SCc2ccccn2)CC1. The van der Waals surface area contributed by atoms with Crippen LogP contribution in [0.1, 0.15) is 18.5 Å². The van der Waals surface area contributed by atoms with E-state index in [1.807, 2.05) is 12.3 Å². The van der Waals surface area contributed by atoms with Crippen LogP contribution >= 0.6 is 11.8 Å². The van der Waals surface area contributed by atoms with Gasteiger partial charge in [-0.3, -0.25) is 4.98 Å². The third kappa shape index (κ3) is 3.50. The van der Waals surface area contributed by atoms with Crippen LogP contribution in [0.5, 0.6) is 0 Å². The second-order valence-corrected chi connectivity index (χ2v) is 5.42. The molecule has 1 aromatic rings. The van der Waals surface area contributed by atoms with Crippen molar-refractivity contribution in [1.29, 1.82) is 0 Å². The van der Waals surface area contributed by atoms with E-state index in [1.165, 1.54) is 31.6 Å². The molecule has 1 aliphatic heterocycles. The van der Waals surface area contributed by atoms with E-state index >= 15 is 0 Å². The van der Waals surface area contributed by atoms with Gasteiger partial charge in [-0.1, -0.05) is 6.07 Å². The van der Waals surface area contributed by atoms with Gasteiger partial charge in [0.25, 0.3) is 0 Å². The van der Waals surface area contributed by atoms with Crippen molar-refractivity contribution in [2.45, 2.75) is 23.8 Å². The number of pyridine rings is 1. The second kappa shape index (κ2) is 5.52. The molecule has 0 bridgehead atoms. The molecule has 2 rings (SSSR count). The Morgan fingerprint density at radius 1 is 1.40 bits per heavy atom. The van der Waals surface area contributed by atoms with Crippen LogP contribution in [0, 0.1) is 0 Å². The minimum absolute atomic E-state index is 0.836. The van der Waals surface area contributed by atoms with Gasteiger partial charge in [-0.2, -0.15) is 11.8 Å². The zero-order chi connectivity index (χ0) is 10.5. The zero-order valence-corrected chi connectivity index (χ0v) is 10.0. The van der Waals surface area contributed by atoms with Crippen LogP contribution < -0.4 is 0 Å². The van der Waals surface area contributed by atoms with E-state index in [2.05, 4.69) is 40.8 Å². The summed E-state index contributed by atoms with van der Waals surface area (Å²) in [7, 11) is 2.21. The smallest absolute Gasteiger partial charge is 0.0502 e. The lowest BCUT2D eigenvalue weighted by Gasteiger charge is -2.28. The predicted octanol–water partition coefficient (Wildman–Crippen LogP) is 2.41. The number of likely N-dealkylation sites (tertiary alicyclic amines) is 1. The largest absolute Gasteiger partial charge is 0.306 e. The molecule has 15 heavy (non-hydrogen) atoms. The van der Waals surface area contributed by atoms with Crippen LogP contribution in [0.15, 0.2) is 24.4 Å². The van der Waals surface area contributed by atoms with Gasteiger partial charge in [0, 0.05) is 17.2 Å². The first-order valence-electron chi connectivity index (χ1n) is 5.54. The molecule has 82 valence electrons. The number of hydrogen-bond acceptors (Lipinski definition) is 3. The normalized spacial score (nSPS) is 19.3. The Morgan fingerprint density at radius 3 is 2.87 bits per heavy atom. The molecule has 0 atom stereocenters. The lowest BCUT2D eigenvalue weighted by atomic mass is 10.1. The average Bonchev–Trinajstić information content (AvgIpc) is 2.30. The third-order valence-electron chi connectivity index (χ3n) is 2.86. The Morgan fingerprint density at radius 2 is 2.20 bits per heavy atom. The van der Waals surface area contributed by atoms with Crippen molar-refractivity contribution in [3.63, 3.8) is 0 Å². The molecule has 0 spiro atoms. The van der Waals surface area contributed by atoms with E-state index in [1.54, 1.807) is 0 Å². The highest BCUT2D eigenvalue weighted by molar-refractivity contribution is 7.99. The summed E-state index contributed by atoms with van der Waals surface area (Å²) in [6.07, 6.45) is 4.53. The highest BCUT2D eigenvalue weighted by atomic mass is 32.2. The fourth-order valence-corrected chi connectivity index (χ4v) is 2.96. The standard InChI is InChI=1S/C12H18N2S/c1-14-8-5-12(6-9-14)15-10-11-4-2-3-7-13-11/h2-4,7,12H,5-6,8-10H2,1H3. The van der Waals surface area contributed by atoms with Crippen molar-refractivity contribution in [2.24, 2.45) is 0 Å². The van der Waals surface area contributed by atoms with Gasteiger partial charge in [0.05, 0.1) is 5.69 Å². The molecule has 2 nitrogen and oxygen atoms in total. The summed E-state index contributed by atoms with van der Waals surface area (Å²) in [5.41, 5.74) is 1.21. The molecule has 1 aliphatic rings. The maximum Gasteiger partial charge on any atom is 0.0502 e. The minimum atomic E-state index is 0.836. The van der Waals surface area contributed by atoms with Crippen LogP contribution in [-0.2, 0) is 5.75 Å². The average molecular weight is 222 g/mol. The van der Waals surface area contributed by atoms with E-state index in [4.69, 9.17) is 0 Å². The Bertz CT molecular complexity index is 281. The first-order valence-corrected chi connectivity index (χ1v) is 6.59. The molecule has 0 N–H and O–H groups in total. The van der Waals surface area contributed by atoms with Gasteiger partial charge >= 0.3 is 0 Å². The number of thioether (sulfide) groups is 1. The number of rotatable bonds is 3. The van der Waals surface area contributed by atoms with E-state index in [0.29, 0.717) is 0 Å². The van der Waals surface area contributed by atoms with Gasteiger partial charge in [-0.05, 0) is 45.1 Å². The summed E-state index contributed by atoms with van der Waals surface area (Å²) in [6.45, 7) is 2.50. The van der Waals surface area contributed by atoms with Gasteiger partial charge in [-0.15, -0.1) is 0 Å². The van der Waals surface area contributed by atoms with Crippen molar-refractivity contribution >= 4 is 11.8 Å². The van der Waals surface area contributed by atoms with E-state index in [0.717, 1.165) is 11.0 Å². The molecule has 0 radical (unpaired) electrons. The highest BCUT2D eigenvalue weighted by Crippen LogP contribution is 2.25. The van der Waals surface area contributed by atoms with Crippen molar-refractivity contribution in [3.05, 3.63) is 30.1 Å². The number of nitrogens with zero attached hydrogens (tertiary/aromatic N) is 2.